The molecule has 1 rings (SSSR count). The molecule has 1 heterocycles. The third-order valence-corrected chi connectivity index (χ3v) is 3.27. The third-order valence-electron chi connectivity index (χ3n) is 3.27. The van der Waals surface area contributed by atoms with E-state index < -0.39 is 0 Å². The van der Waals surface area contributed by atoms with Gasteiger partial charge >= 0.3 is 5.97 Å². The Labute approximate surface area is 116 Å². The van der Waals surface area contributed by atoms with E-state index in [1.165, 1.54) is 19.3 Å². The van der Waals surface area contributed by atoms with Gasteiger partial charge in [0, 0.05) is 13.0 Å². The lowest BCUT2D eigenvalue weighted by Gasteiger charge is -2.22. The van der Waals surface area contributed by atoms with Crippen molar-refractivity contribution in [2.24, 2.45) is 0 Å². The molecule has 0 aromatic heterocycles. The topological polar surface area (TPSA) is 44.8 Å². The molecular formula is C15H28O4. The van der Waals surface area contributed by atoms with Gasteiger partial charge in [0.15, 0.2) is 6.29 Å². The van der Waals surface area contributed by atoms with Gasteiger partial charge < -0.3 is 14.2 Å². The summed E-state index contributed by atoms with van der Waals surface area (Å²) in [6.07, 6.45) is 9.41. The smallest absolute Gasteiger partial charge is 0.305 e. The van der Waals surface area contributed by atoms with E-state index in [-0.39, 0.29) is 12.3 Å². The predicted molar refractivity (Wildman–Crippen MR) is 73.9 cm³/mol. The molecule has 1 aliphatic heterocycles. The first-order valence-corrected chi connectivity index (χ1v) is 7.71. The van der Waals surface area contributed by atoms with Crippen LogP contribution in [0.2, 0.25) is 0 Å². The summed E-state index contributed by atoms with van der Waals surface area (Å²) in [5.41, 5.74) is 0. The van der Waals surface area contributed by atoms with E-state index in [0.29, 0.717) is 19.6 Å². The molecule has 0 aromatic rings. The highest BCUT2D eigenvalue weighted by molar-refractivity contribution is 5.69. The Morgan fingerprint density at radius 1 is 1.16 bits per heavy atom. The van der Waals surface area contributed by atoms with Crippen molar-refractivity contribution in [1.29, 1.82) is 0 Å². The number of ether oxygens (including phenoxy) is 3. The molecule has 1 fully saturated rings. The molecule has 1 saturated heterocycles. The zero-order valence-corrected chi connectivity index (χ0v) is 12.2. The fourth-order valence-electron chi connectivity index (χ4n) is 2.12. The molecule has 19 heavy (non-hydrogen) atoms. The lowest BCUT2D eigenvalue weighted by molar-refractivity contribution is -0.173. The number of carbonyl (C=O) groups excluding carboxylic acids is 1. The number of hydrogen-bond acceptors (Lipinski definition) is 4. The van der Waals surface area contributed by atoms with Gasteiger partial charge in [0.2, 0.25) is 0 Å². The second kappa shape index (κ2) is 11.2. The SMILES string of the molecule is CCCCCCCC(=O)OCCOC1CCCCO1. The Morgan fingerprint density at radius 3 is 2.74 bits per heavy atom. The third kappa shape index (κ3) is 9.00. The van der Waals surface area contributed by atoms with Crippen LogP contribution in [0.4, 0.5) is 0 Å². The quantitative estimate of drug-likeness (QED) is 0.451. The van der Waals surface area contributed by atoms with Crippen molar-refractivity contribution >= 4 is 5.97 Å². The number of rotatable bonds is 10. The molecule has 0 spiro atoms. The van der Waals surface area contributed by atoms with E-state index in [1.807, 2.05) is 0 Å². The van der Waals surface area contributed by atoms with Crippen molar-refractivity contribution in [2.75, 3.05) is 19.8 Å². The Hall–Kier alpha value is -0.610. The summed E-state index contributed by atoms with van der Waals surface area (Å²) in [5, 5.41) is 0. The lowest BCUT2D eigenvalue weighted by atomic mass is 10.1. The summed E-state index contributed by atoms with van der Waals surface area (Å²) in [6.45, 7) is 3.74. The maximum Gasteiger partial charge on any atom is 0.305 e. The molecule has 1 aliphatic rings. The highest BCUT2D eigenvalue weighted by Crippen LogP contribution is 2.13. The fourth-order valence-corrected chi connectivity index (χ4v) is 2.12. The number of hydrogen-bond donors (Lipinski definition) is 0. The molecule has 0 saturated carbocycles. The molecule has 4 heteroatoms. The summed E-state index contributed by atoms with van der Waals surface area (Å²) in [7, 11) is 0. The first-order chi connectivity index (χ1) is 9.33. The Balaban J connectivity index is 1.86. The zero-order valence-electron chi connectivity index (χ0n) is 12.2. The van der Waals surface area contributed by atoms with Crippen LogP contribution in [0, 0.1) is 0 Å². The van der Waals surface area contributed by atoms with E-state index in [2.05, 4.69) is 6.92 Å². The van der Waals surface area contributed by atoms with Crippen LogP contribution in [0.1, 0.15) is 64.7 Å². The molecule has 1 unspecified atom stereocenters. The minimum Gasteiger partial charge on any atom is -0.463 e. The van der Waals surface area contributed by atoms with Gasteiger partial charge in [0.25, 0.3) is 0 Å². The highest BCUT2D eigenvalue weighted by atomic mass is 16.7. The van der Waals surface area contributed by atoms with Gasteiger partial charge in [0.1, 0.15) is 6.61 Å². The van der Waals surface area contributed by atoms with Crippen molar-refractivity contribution < 1.29 is 19.0 Å². The molecule has 0 N–H and O–H groups in total. The molecule has 4 nitrogen and oxygen atoms in total. The monoisotopic (exact) mass is 272 g/mol. The van der Waals surface area contributed by atoms with Crippen molar-refractivity contribution in [3.63, 3.8) is 0 Å². The van der Waals surface area contributed by atoms with Crippen LogP contribution in [-0.2, 0) is 19.0 Å². The molecule has 0 radical (unpaired) electrons. The molecule has 0 aromatic carbocycles. The maximum atomic E-state index is 11.4. The maximum absolute atomic E-state index is 11.4. The van der Waals surface area contributed by atoms with Gasteiger partial charge in [-0.3, -0.25) is 4.79 Å². The fraction of sp³-hybridized carbons (Fsp3) is 0.933. The summed E-state index contributed by atoms with van der Waals surface area (Å²) >= 11 is 0. The highest BCUT2D eigenvalue weighted by Gasteiger charge is 2.13. The minimum absolute atomic E-state index is 0.0958. The average Bonchev–Trinajstić information content (AvgIpc) is 2.44. The summed E-state index contributed by atoms with van der Waals surface area (Å²) in [4.78, 5) is 11.4. The number of esters is 1. The number of unbranched alkanes of at least 4 members (excludes halogenated alkanes) is 4. The molecule has 1 atom stereocenters. The average molecular weight is 272 g/mol. The van der Waals surface area contributed by atoms with Crippen molar-refractivity contribution in [3.05, 3.63) is 0 Å². The Kier molecular flexibility index (Phi) is 9.72. The first-order valence-electron chi connectivity index (χ1n) is 7.71. The van der Waals surface area contributed by atoms with E-state index in [0.717, 1.165) is 38.7 Å². The van der Waals surface area contributed by atoms with Gasteiger partial charge in [-0.25, -0.2) is 0 Å². The first kappa shape index (κ1) is 16.4. The largest absolute Gasteiger partial charge is 0.463 e. The van der Waals surface area contributed by atoms with Gasteiger partial charge in [-0.05, 0) is 25.7 Å². The van der Waals surface area contributed by atoms with Gasteiger partial charge in [-0.15, -0.1) is 0 Å². The van der Waals surface area contributed by atoms with E-state index in [9.17, 15) is 4.79 Å². The van der Waals surface area contributed by atoms with Gasteiger partial charge in [-0.1, -0.05) is 32.6 Å². The van der Waals surface area contributed by atoms with E-state index in [4.69, 9.17) is 14.2 Å². The van der Waals surface area contributed by atoms with Crippen molar-refractivity contribution in [2.45, 2.75) is 71.0 Å². The second-order valence-electron chi connectivity index (χ2n) is 5.05. The van der Waals surface area contributed by atoms with Crippen LogP contribution in [0.25, 0.3) is 0 Å². The van der Waals surface area contributed by atoms with Crippen LogP contribution in [0.3, 0.4) is 0 Å². The second-order valence-corrected chi connectivity index (χ2v) is 5.05. The lowest BCUT2D eigenvalue weighted by Crippen LogP contribution is -2.24. The summed E-state index contributed by atoms with van der Waals surface area (Å²) in [5.74, 6) is -0.107. The Morgan fingerprint density at radius 2 is 2.00 bits per heavy atom. The van der Waals surface area contributed by atoms with Gasteiger partial charge in [0.05, 0.1) is 6.61 Å². The normalized spacial score (nSPS) is 19.3. The summed E-state index contributed by atoms with van der Waals surface area (Å²) in [6, 6.07) is 0. The number of carbonyl (C=O) groups is 1. The van der Waals surface area contributed by atoms with Crippen molar-refractivity contribution in [1.82, 2.24) is 0 Å². The predicted octanol–water partition coefficient (Wildman–Crippen LogP) is 3.43. The van der Waals surface area contributed by atoms with Crippen LogP contribution in [0.15, 0.2) is 0 Å². The summed E-state index contributed by atoms with van der Waals surface area (Å²) < 4.78 is 16.0. The van der Waals surface area contributed by atoms with E-state index in [1.54, 1.807) is 0 Å². The Bertz CT molecular complexity index is 224. The van der Waals surface area contributed by atoms with E-state index >= 15 is 0 Å². The minimum atomic E-state index is -0.107. The molecule has 0 bridgehead atoms. The van der Waals surface area contributed by atoms with Crippen LogP contribution < -0.4 is 0 Å². The zero-order chi connectivity index (χ0) is 13.8. The molecule has 0 aliphatic carbocycles. The molecule has 0 amide bonds. The molecule has 112 valence electrons. The van der Waals surface area contributed by atoms with Crippen LogP contribution in [0.5, 0.6) is 0 Å². The van der Waals surface area contributed by atoms with Gasteiger partial charge in [-0.2, -0.15) is 0 Å². The standard InChI is InChI=1S/C15H28O4/c1-2-3-4-5-6-9-14(16)17-12-13-19-15-10-7-8-11-18-15/h15H,2-13H2,1H3. The van der Waals surface area contributed by atoms with Crippen molar-refractivity contribution in [3.8, 4) is 0 Å². The molecular weight excluding hydrogens is 244 g/mol. The van der Waals surface area contributed by atoms with Crippen LogP contribution >= 0.6 is 0 Å². The van der Waals surface area contributed by atoms with Crippen LogP contribution in [-0.4, -0.2) is 32.1 Å².